The molecule has 156 valence electrons. The number of hydrogen-bond donors (Lipinski definition) is 1. The van der Waals surface area contributed by atoms with E-state index in [1.165, 1.54) is 0 Å². The average molecular weight is 453 g/mol. The minimum atomic E-state index is -1.21. The minimum Gasteiger partial charge on any atom is -0.479 e. The van der Waals surface area contributed by atoms with Gasteiger partial charge < -0.3 is 14.6 Å². The van der Waals surface area contributed by atoms with Crippen LogP contribution in [0.4, 0.5) is 5.82 Å². The Morgan fingerprint density at radius 2 is 1.94 bits per heavy atom. The number of anilines is 1. The topological polar surface area (TPSA) is 71.2 Å². The van der Waals surface area contributed by atoms with E-state index >= 15 is 0 Å². The van der Waals surface area contributed by atoms with E-state index in [2.05, 4.69) is 4.98 Å². The summed E-state index contributed by atoms with van der Waals surface area (Å²) in [5, 5.41) is 11.9. The fourth-order valence-corrected chi connectivity index (χ4v) is 4.80. The molecule has 5 rings (SSSR count). The van der Waals surface area contributed by atoms with Gasteiger partial charge in [-0.05, 0) is 30.5 Å². The van der Waals surface area contributed by atoms with Crippen LogP contribution in [0.3, 0.4) is 0 Å². The number of aromatic nitrogens is 3. The van der Waals surface area contributed by atoms with E-state index in [0.29, 0.717) is 34.3 Å². The predicted molar refractivity (Wildman–Crippen MR) is 121 cm³/mol. The number of benzene rings is 2. The largest absolute Gasteiger partial charge is 0.479 e. The van der Waals surface area contributed by atoms with Crippen LogP contribution in [0.1, 0.15) is 18.4 Å². The fourth-order valence-electron chi connectivity index (χ4n) is 4.45. The van der Waals surface area contributed by atoms with Crippen molar-refractivity contribution in [1.29, 1.82) is 0 Å². The lowest BCUT2D eigenvalue weighted by Crippen LogP contribution is -2.48. The van der Waals surface area contributed by atoms with Gasteiger partial charge >= 0.3 is 5.97 Å². The Bertz CT molecular complexity index is 1280. The predicted octanol–water partition coefficient (Wildman–Crippen LogP) is 5.31. The third-order valence-corrected chi connectivity index (χ3v) is 6.68. The van der Waals surface area contributed by atoms with Gasteiger partial charge in [0.05, 0.1) is 27.6 Å². The Morgan fingerprint density at radius 1 is 1.13 bits per heavy atom. The summed E-state index contributed by atoms with van der Waals surface area (Å²) in [4.78, 5) is 23.5. The number of halogens is 2. The molecule has 0 bridgehead atoms. The van der Waals surface area contributed by atoms with Gasteiger partial charge in [-0.25, -0.2) is 14.8 Å². The van der Waals surface area contributed by atoms with E-state index in [9.17, 15) is 9.90 Å². The summed E-state index contributed by atoms with van der Waals surface area (Å²) in [6.45, 7) is 0.557. The van der Waals surface area contributed by atoms with Gasteiger partial charge in [-0.15, -0.1) is 0 Å². The Balaban J connectivity index is 1.78. The van der Waals surface area contributed by atoms with Gasteiger partial charge in [0, 0.05) is 30.4 Å². The summed E-state index contributed by atoms with van der Waals surface area (Å²) < 4.78 is 1.86. The molecular weight excluding hydrogens is 435 g/mol. The minimum absolute atomic E-state index is 0.335. The van der Waals surface area contributed by atoms with Crippen LogP contribution in [0.2, 0.25) is 10.0 Å². The van der Waals surface area contributed by atoms with Crippen molar-refractivity contribution >= 4 is 45.9 Å². The summed E-state index contributed by atoms with van der Waals surface area (Å²) in [5.74, 6) is -0.372. The third-order valence-electron chi connectivity index (χ3n) is 5.88. The number of hydrogen-bond acceptors (Lipinski definition) is 4. The second kappa shape index (κ2) is 7.55. The monoisotopic (exact) mass is 452 g/mol. The van der Waals surface area contributed by atoms with Crippen molar-refractivity contribution < 1.29 is 9.90 Å². The zero-order valence-corrected chi connectivity index (χ0v) is 17.9. The fraction of sp³-hybridized carbons (Fsp3) is 0.174. The van der Waals surface area contributed by atoms with Crippen LogP contribution >= 0.6 is 23.2 Å². The molecule has 1 aliphatic rings. The van der Waals surface area contributed by atoms with E-state index in [-0.39, 0.29) is 0 Å². The maximum atomic E-state index is 12.7. The number of rotatable bonds is 4. The van der Waals surface area contributed by atoms with Gasteiger partial charge in [0.15, 0.2) is 5.54 Å². The molecule has 31 heavy (non-hydrogen) atoms. The summed E-state index contributed by atoms with van der Waals surface area (Å²) in [6, 6.07) is 14.8. The quantitative estimate of drug-likeness (QED) is 0.454. The highest BCUT2D eigenvalue weighted by Crippen LogP contribution is 2.44. The molecule has 2 aromatic heterocycles. The SMILES string of the molecule is O=C(O)C1(c2ccccc2)CCCN1c1cc(-n2ccnc2)c2ccc(Cl)c(Cl)c2n1. The highest BCUT2D eigenvalue weighted by molar-refractivity contribution is 6.45. The molecule has 0 amide bonds. The number of carboxylic acid groups (broad SMARTS) is 1. The van der Waals surface area contributed by atoms with E-state index in [1.54, 1.807) is 18.6 Å². The van der Waals surface area contributed by atoms with Crippen LogP contribution in [-0.2, 0) is 10.3 Å². The molecule has 2 aromatic carbocycles. The molecule has 8 heteroatoms. The first-order chi connectivity index (χ1) is 15.0. The van der Waals surface area contributed by atoms with Gasteiger partial charge in [0.1, 0.15) is 5.82 Å². The lowest BCUT2D eigenvalue weighted by molar-refractivity contribution is -0.143. The Hall–Kier alpha value is -3.09. The third kappa shape index (κ3) is 3.06. The number of carboxylic acids is 1. The Kier molecular flexibility index (Phi) is 4.84. The van der Waals surface area contributed by atoms with Gasteiger partial charge in [-0.2, -0.15) is 0 Å². The molecule has 1 saturated heterocycles. The molecule has 1 fully saturated rings. The van der Waals surface area contributed by atoms with Crippen molar-refractivity contribution in [2.24, 2.45) is 0 Å². The van der Waals surface area contributed by atoms with Gasteiger partial charge in [-0.1, -0.05) is 53.5 Å². The molecule has 0 saturated carbocycles. The highest BCUT2D eigenvalue weighted by Gasteiger charge is 2.50. The van der Waals surface area contributed by atoms with Gasteiger partial charge in [-0.3, -0.25) is 0 Å². The normalized spacial score (nSPS) is 18.6. The maximum Gasteiger partial charge on any atom is 0.334 e. The summed E-state index contributed by atoms with van der Waals surface area (Å²) >= 11 is 12.8. The van der Waals surface area contributed by atoms with Crippen LogP contribution < -0.4 is 4.90 Å². The van der Waals surface area contributed by atoms with E-state index in [4.69, 9.17) is 28.2 Å². The lowest BCUT2D eigenvalue weighted by Gasteiger charge is -2.36. The molecule has 6 nitrogen and oxygen atoms in total. The molecule has 1 aliphatic heterocycles. The zero-order valence-electron chi connectivity index (χ0n) is 16.4. The lowest BCUT2D eigenvalue weighted by atomic mass is 9.87. The number of carbonyl (C=O) groups is 1. The Labute approximate surface area is 188 Å². The van der Waals surface area contributed by atoms with Crippen molar-refractivity contribution in [1.82, 2.24) is 14.5 Å². The summed E-state index contributed by atoms with van der Waals surface area (Å²) in [5.41, 5.74) is 0.840. The molecule has 1 unspecified atom stereocenters. The van der Waals surface area contributed by atoms with E-state index in [0.717, 1.165) is 23.1 Å². The molecule has 1 atom stereocenters. The highest BCUT2D eigenvalue weighted by atomic mass is 35.5. The second-order valence-electron chi connectivity index (χ2n) is 7.51. The van der Waals surface area contributed by atoms with Gasteiger partial charge in [0.25, 0.3) is 0 Å². The molecule has 3 heterocycles. The van der Waals surface area contributed by atoms with Crippen LogP contribution in [0.5, 0.6) is 0 Å². The second-order valence-corrected chi connectivity index (χ2v) is 8.30. The molecule has 4 aromatic rings. The molecular formula is C23H18Cl2N4O2. The summed E-state index contributed by atoms with van der Waals surface area (Å²) in [7, 11) is 0. The summed E-state index contributed by atoms with van der Waals surface area (Å²) in [6.07, 6.45) is 6.41. The van der Waals surface area contributed by atoms with Crippen molar-refractivity contribution in [2.45, 2.75) is 18.4 Å². The molecule has 0 spiro atoms. The van der Waals surface area contributed by atoms with Crippen LogP contribution in [0.25, 0.3) is 16.6 Å². The van der Waals surface area contributed by atoms with Crippen molar-refractivity contribution in [3.05, 3.63) is 82.9 Å². The first kappa shape index (κ1) is 19.8. The number of nitrogens with zero attached hydrogens (tertiary/aromatic N) is 4. The Morgan fingerprint density at radius 3 is 2.65 bits per heavy atom. The number of pyridine rings is 1. The molecule has 0 radical (unpaired) electrons. The number of fused-ring (bicyclic) bond motifs is 1. The van der Waals surface area contributed by atoms with Crippen LogP contribution in [0, 0.1) is 0 Å². The van der Waals surface area contributed by atoms with Crippen LogP contribution in [-0.4, -0.2) is 32.2 Å². The first-order valence-corrected chi connectivity index (χ1v) is 10.6. The standard InChI is InChI=1S/C23H18Cl2N4O2/c24-17-8-7-16-18(28-12-10-26-14-28)13-19(27-21(16)20(17)25)29-11-4-9-23(29,22(30)31)15-5-2-1-3-6-15/h1-3,5-8,10,12-14H,4,9,11H2,(H,30,31). The van der Waals surface area contributed by atoms with Crippen molar-refractivity contribution in [2.75, 3.05) is 11.4 Å². The number of imidazole rings is 1. The number of aliphatic carboxylic acids is 1. The smallest absolute Gasteiger partial charge is 0.334 e. The zero-order chi connectivity index (χ0) is 21.6. The van der Waals surface area contributed by atoms with Crippen molar-refractivity contribution in [3.8, 4) is 5.69 Å². The van der Waals surface area contributed by atoms with E-state index in [1.807, 2.05) is 58.1 Å². The van der Waals surface area contributed by atoms with Crippen LogP contribution in [0.15, 0.2) is 67.3 Å². The first-order valence-electron chi connectivity index (χ1n) is 9.86. The van der Waals surface area contributed by atoms with Crippen molar-refractivity contribution in [3.63, 3.8) is 0 Å². The maximum absolute atomic E-state index is 12.7. The van der Waals surface area contributed by atoms with Gasteiger partial charge in [0.2, 0.25) is 0 Å². The average Bonchev–Trinajstić information content (AvgIpc) is 3.47. The molecule has 0 aliphatic carbocycles. The molecule has 1 N–H and O–H groups in total. The van der Waals surface area contributed by atoms with E-state index < -0.39 is 11.5 Å².